The summed E-state index contributed by atoms with van der Waals surface area (Å²) in [6.07, 6.45) is 0. The minimum atomic E-state index is -4.10. The number of halogens is 2. The Morgan fingerprint density at radius 3 is 2.15 bits per heavy atom. The van der Waals surface area contributed by atoms with E-state index in [1.807, 2.05) is 6.92 Å². The van der Waals surface area contributed by atoms with Crippen molar-refractivity contribution in [3.8, 4) is 5.75 Å². The Kier molecular flexibility index (Phi) is 6.36. The maximum absolute atomic E-state index is 12.4. The van der Waals surface area contributed by atoms with Crippen molar-refractivity contribution in [3.63, 3.8) is 0 Å². The fourth-order valence-corrected chi connectivity index (χ4v) is 3.04. The maximum atomic E-state index is 12.4. The molecule has 0 aliphatic carbocycles. The van der Waals surface area contributed by atoms with Crippen LogP contribution in [0, 0.1) is 6.92 Å². The summed E-state index contributed by atoms with van der Waals surface area (Å²) in [7, 11) is -4.10. The van der Waals surface area contributed by atoms with Gasteiger partial charge in [0.1, 0.15) is 4.90 Å². The topological polar surface area (TPSA) is 102 Å². The lowest BCUT2D eigenvalue weighted by molar-refractivity contribution is -0.109. The van der Waals surface area contributed by atoms with E-state index in [0.29, 0.717) is 0 Å². The van der Waals surface area contributed by atoms with E-state index >= 15 is 0 Å². The number of para-hydroxylation sites is 2. The third kappa shape index (κ3) is 5.04. The normalized spacial score (nSPS) is 10.7. The Labute approximate surface area is 159 Å². The predicted molar refractivity (Wildman–Crippen MR) is 98.2 cm³/mol. The molecule has 1 N–H and O–H groups in total. The van der Waals surface area contributed by atoms with Crippen molar-refractivity contribution in [1.82, 2.24) is 0 Å². The van der Waals surface area contributed by atoms with Gasteiger partial charge >= 0.3 is 10.1 Å². The summed E-state index contributed by atoms with van der Waals surface area (Å²) >= 11 is 10.4. The van der Waals surface area contributed by atoms with Gasteiger partial charge in [0, 0.05) is 0 Å². The summed E-state index contributed by atoms with van der Waals surface area (Å²) < 4.78 is 29.9. The molecule has 0 radical (unpaired) electrons. The summed E-state index contributed by atoms with van der Waals surface area (Å²) in [5.41, 5.74) is 2.57. The Morgan fingerprint density at radius 2 is 1.58 bits per heavy atom. The molecule has 2 aromatic carbocycles. The lowest BCUT2D eigenvalue weighted by Crippen LogP contribution is -2.17. The molecule has 136 valence electrons. The van der Waals surface area contributed by atoms with Gasteiger partial charge < -0.3 is 4.18 Å². The molecule has 0 unspecified atom stereocenters. The second kappa shape index (κ2) is 8.31. The van der Waals surface area contributed by atoms with Crippen molar-refractivity contribution < 1.29 is 22.2 Å². The second-order valence-corrected chi connectivity index (χ2v) is 7.20. The highest BCUT2D eigenvalue weighted by Crippen LogP contribution is 2.27. The first-order chi connectivity index (χ1) is 12.2. The van der Waals surface area contributed by atoms with Gasteiger partial charge in [0.05, 0.1) is 5.69 Å². The highest BCUT2D eigenvalue weighted by Gasteiger charge is 2.19. The Bertz CT molecular complexity index is 956. The van der Waals surface area contributed by atoms with Crippen LogP contribution in [0.5, 0.6) is 5.75 Å². The summed E-state index contributed by atoms with van der Waals surface area (Å²) in [5, 5.41) is 1.17. The zero-order valence-corrected chi connectivity index (χ0v) is 15.6. The van der Waals surface area contributed by atoms with Crippen LogP contribution in [0.1, 0.15) is 5.56 Å². The quantitative estimate of drug-likeness (QED) is 0.245. The summed E-state index contributed by atoms with van der Waals surface area (Å²) in [4.78, 5) is 22.2. The van der Waals surface area contributed by atoms with E-state index in [0.717, 1.165) is 5.56 Å². The van der Waals surface area contributed by atoms with Crippen LogP contribution in [0.3, 0.4) is 0 Å². The minimum Gasteiger partial charge on any atom is -0.377 e. The van der Waals surface area contributed by atoms with Gasteiger partial charge in [-0.1, -0.05) is 29.8 Å². The van der Waals surface area contributed by atoms with E-state index in [4.69, 9.17) is 27.4 Å². The monoisotopic (exact) mass is 414 g/mol. The van der Waals surface area contributed by atoms with Gasteiger partial charge in [0.25, 0.3) is 10.5 Å². The van der Waals surface area contributed by atoms with E-state index in [1.165, 1.54) is 30.3 Å². The first-order valence-corrected chi connectivity index (χ1v) is 9.20. The lowest BCUT2D eigenvalue weighted by Gasteiger charge is -2.11. The molecule has 0 spiro atoms. The fraction of sp³-hybridized carbons (Fsp3) is 0.0625. The van der Waals surface area contributed by atoms with Gasteiger partial charge in [0.15, 0.2) is 5.75 Å². The molecule has 0 amide bonds. The molecule has 2 rings (SSSR count). The highest BCUT2D eigenvalue weighted by atomic mass is 35.5. The van der Waals surface area contributed by atoms with E-state index in [2.05, 4.69) is 10.5 Å². The maximum Gasteiger partial charge on any atom is 0.339 e. The Hall–Kier alpha value is -2.42. The summed E-state index contributed by atoms with van der Waals surface area (Å²) in [6, 6.07) is 12.0. The Morgan fingerprint density at radius 1 is 1.00 bits per heavy atom. The zero-order chi connectivity index (χ0) is 19.3. The number of hydrazone groups is 1. The van der Waals surface area contributed by atoms with Crippen molar-refractivity contribution in [2.75, 3.05) is 5.43 Å². The van der Waals surface area contributed by atoms with Gasteiger partial charge in [-0.15, -0.1) is 0 Å². The summed E-state index contributed by atoms with van der Waals surface area (Å²) in [6.45, 7) is 1.82. The van der Waals surface area contributed by atoms with E-state index in [-0.39, 0.29) is 16.3 Å². The molecule has 0 heterocycles. The smallest absolute Gasteiger partial charge is 0.339 e. The number of nitrogens with zero attached hydrogens (tertiary/aromatic N) is 1. The van der Waals surface area contributed by atoms with Crippen LogP contribution < -0.4 is 9.61 Å². The molecule has 10 heteroatoms. The third-order valence-electron chi connectivity index (χ3n) is 3.06. The number of aryl methyl sites for hydroxylation is 1. The van der Waals surface area contributed by atoms with Gasteiger partial charge in [-0.2, -0.15) is 13.5 Å². The molecule has 0 saturated heterocycles. The molecule has 0 aliphatic rings. The van der Waals surface area contributed by atoms with Gasteiger partial charge in [-0.25, -0.2) is 0 Å². The molecule has 0 saturated carbocycles. The molecule has 7 nitrogen and oxygen atoms in total. The molecule has 0 bridgehead atoms. The van der Waals surface area contributed by atoms with Crippen LogP contribution in [-0.2, 0) is 19.7 Å². The first-order valence-electron chi connectivity index (χ1n) is 7.04. The number of hydrogen-bond acceptors (Lipinski definition) is 7. The largest absolute Gasteiger partial charge is 0.377 e. The average Bonchev–Trinajstić information content (AvgIpc) is 2.56. The first kappa shape index (κ1) is 19.9. The molecule has 2 aromatic rings. The van der Waals surface area contributed by atoms with Crippen LogP contribution in [0.2, 0.25) is 0 Å². The number of hydrogen-bond donors (Lipinski definition) is 1. The van der Waals surface area contributed by atoms with Crippen LogP contribution in [0.15, 0.2) is 58.5 Å². The third-order valence-corrected chi connectivity index (χ3v) is 4.66. The predicted octanol–water partition coefficient (Wildman–Crippen LogP) is 3.06. The Balaban J connectivity index is 2.32. The molecule has 26 heavy (non-hydrogen) atoms. The van der Waals surface area contributed by atoms with Crippen LogP contribution >= 0.6 is 23.2 Å². The second-order valence-electron chi connectivity index (χ2n) is 4.97. The average molecular weight is 415 g/mol. The van der Waals surface area contributed by atoms with E-state index < -0.39 is 26.3 Å². The highest BCUT2D eigenvalue weighted by molar-refractivity contribution is 7.87. The number of benzene rings is 2. The number of nitrogens with one attached hydrogen (secondary N) is 1. The van der Waals surface area contributed by atoms with E-state index in [1.54, 1.807) is 18.2 Å². The number of carbonyl (C=O) groups is 2. The fourth-order valence-electron chi connectivity index (χ4n) is 1.78. The van der Waals surface area contributed by atoms with Crippen molar-refractivity contribution in [1.29, 1.82) is 0 Å². The van der Waals surface area contributed by atoms with Gasteiger partial charge in [0.2, 0.25) is 5.71 Å². The van der Waals surface area contributed by atoms with E-state index in [9.17, 15) is 18.0 Å². The van der Waals surface area contributed by atoms with Gasteiger partial charge in [-0.05, 0) is 54.4 Å². The van der Waals surface area contributed by atoms with Crippen molar-refractivity contribution in [2.24, 2.45) is 5.10 Å². The van der Waals surface area contributed by atoms with Crippen LogP contribution in [-0.4, -0.2) is 24.6 Å². The van der Waals surface area contributed by atoms with Crippen molar-refractivity contribution in [3.05, 3.63) is 54.1 Å². The SMILES string of the molecule is Cc1ccc(S(=O)(=O)Oc2ccccc2NN=C(C(=O)Cl)C(=O)Cl)cc1. The number of anilines is 1. The molecular weight excluding hydrogens is 403 g/mol. The molecular formula is C16H12Cl2N2O5S. The lowest BCUT2D eigenvalue weighted by atomic mass is 10.2. The molecule has 0 atom stereocenters. The standard InChI is InChI=1S/C16H12Cl2N2O5S/c1-10-6-8-11(9-7-10)26(23,24)25-13-5-3-2-4-12(13)19-20-14(15(17)21)16(18)22/h2-9,19H,1H3. The van der Waals surface area contributed by atoms with Gasteiger partial charge in [-0.3, -0.25) is 15.0 Å². The number of carbonyl (C=O) groups excluding carboxylic acids is 2. The minimum absolute atomic E-state index is 0.0334. The van der Waals surface area contributed by atoms with Crippen LogP contribution in [0.25, 0.3) is 0 Å². The zero-order valence-electron chi connectivity index (χ0n) is 13.3. The molecule has 0 aliphatic heterocycles. The number of rotatable bonds is 7. The molecule has 0 fully saturated rings. The summed E-state index contributed by atoms with van der Waals surface area (Å²) in [5.74, 6) is -0.0970. The molecule has 0 aromatic heterocycles. The van der Waals surface area contributed by atoms with Crippen LogP contribution in [0.4, 0.5) is 5.69 Å². The van der Waals surface area contributed by atoms with Crippen molar-refractivity contribution >= 4 is 55.2 Å². The van der Waals surface area contributed by atoms with Crippen molar-refractivity contribution in [2.45, 2.75) is 11.8 Å².